The molecule has 10 nitrogen and oxygen atoms in total. The first-order chi connectivity index (χ1) is 23.2. The van der Waals surface area contributed by atoms with E-state index in [1.165, 1.54) is 11.8 Å². The van der Waals surface area contributed by atoms with Gasteiger partial charge in [-0.25, -0.2) is 4.98 Å². The molecule has 0 radical (unpaired) electrons. The number of benzene rings is 3. The Morgan fingerprint density at radius 2 is 1.75 bits per heavy atom. The van der Waals surface area contributed by atoms with E-state index in [9.17, 15) is 23.1 Å². The highest BCUT2D eigenvalue weighted by Crippen LogP contribution is 2.34. The Bertz CT molecular complexity index is 1910. The highest BCUT2D eigenvalue weighted by Gasteiger charge is 2.30. The molecule has 1 unspecified atom stereocenters. The number of halogens is 3. The van der Waals surface area contributed by atoms with Crippen LogP contribution in [0, 0.1) is 0 Å². The van der Waals surface area contributed by atoms with Gasteiger partial charge < -0.3 is 29.2 Å². The quantitative estimate of drug-likeness (QED) is 0.200. The molecule has 4 heterocycles. The van der Waals surface area contributed by atoms with Crippen molar-refractivity contribution in [1.82, 2.24) is 19.4 Å². The molecule has 0 aliphatic carbocycles. The Morgan fingerprint density at radius 1 is 0.958 bits per heavy atom. The van der Waals surface area contributed by atoms with E-state index in [2.05, 4.69) is 26.2 Å². The summed E-state index contributed by atoms with van der Waals surface area (Å²) in [6.07, 6.45) is -1.81. The zero-order valence-electron chi connectivity index (χ0n) is 25.7. The number of pyridine rings is 1. The van der Waals surface area contributed by atoms with E-state index in [0.29, 0.717) is 23.9 Å². The lowest BCUT2D eigenvalue weighted by Gasteiger charge is -2.37. The van der Waals surface area contributed by atoms with Crippen molar-refractivity contribution in [1.29, 1.82) is 0 Å². The lowest BCUT2D eigenvalue weighted by atomic mass is 10.1. The van der Waals surface area contributed by atoms with Crippen LogP contribution in [0.1, 0.15) is 21.5 Å². The van der Waals surface area contributed by atoms with Gasteiger partial charge in [0.25, 0.3) is 5.91 Å². The molecule has 1 fully saturated rings. The number of aliphatic hydroxyl groups is 1. The van der Waals surface area contributed by atoms with E-state index in [1.54, 1.807) is 12.1 Å². The van der Waals surface area contributed by atoms with Crippen molar-refractivity contribution in [3.63, 3.8) is 0 Å². The Kier molecular flexibility index (Phi) is 8.65. The first-order valence-corrected chi connectivity index (χ1v) is 15.4. The van der Waals surface area contributed by atoms with Crippen LogP contribution in [0.4, 0.5) is 18.9 Å². The molecule has 2 N–H and O–H groups in total. The number of carbonyl (C=O) groups excluding carboxylic acids is 1. The minimum absolute atomic E-state index is 0.0875. The fraction of sp³-hybridized carbons (Fsp3) is 0.257. The van der Waals surface area contributed by atoms with Gasteiger partial charge in [-0.15, -0.1) is 0 Å². The first-order valence-electron chi connectivity index (χ1n) is 15.4. The third-order valence-electron chi connectivity index (χ3n) is 8.49. The maximum absolute atomic E-state index is 12.8. The van der Waals surface area contributed by atoms with Crippen molar-refractivity contribution in [2.75, 3.05) is 38.3 Å². The van der Waals surface area contributed by atoms with E-state index in [-0.39, 0.29) is 12.4 Å². The highest BCUT2D eigenvalue weighted by molar-refractivity contribution is 6.04. The fourth-order valence-electron chi connectivity index (χ4n) is 5.89. The molecule has 1 amide bonds. The van der Waals surface area contributed by atoms with E-state index < -0.39 is 23.9 Å². The Balaban J connectivity index is 0.932. The second-order valence-corrected chi connectivity index (χ2v) is 11.7. The van der Waals surface area contributed by atoms with Crippen molar-refractivity contribution in [2.45, 2.75) is 25.5 Å². The summed E-state index contributed by atoms with van der Waals surface area (Å²) < 4.78 is 57.4. The van der Waals surface area contributed by atoms with E-state index >= 15 is 0 Å². The highest BCUT2D eigenvalue weighted by atomic mass is 19.4. The predicted octanol–water partition coefficient (Wildman–Crippen LogP) is 5.96. The van der Waals surface area contributed by atoms with E-state index in [1.807, 2.05) is 47.2 Å². The van der Waals surface area contributed by atoms with Crippen LogP contribution in [0.25, 0.3) is 10.9 Å². The number of alkyl halides is 3. The Hall–Kier alpha value is -5.11. The topological polar surface area (TPSA) is 101 Å². The molecule has 0 spiro atoms. The first kappa shape index (κ1) is 31.5. The lowest BCUT2D eigenvalue weighted by molar-refractivity contribution is -0.137. The number of fused-ring (bicyclic) bond motifs is 2. The maximum Gasteiger partial charge on any atom is 0.416 e. The lowest BCUT2D eigenvalue weighted by Crippen LogP contribution is -2.51. The molecule has 248 valence electrons. The van der Waals surface area contributed by atoms with Crippen LogP contribution in [0.2, 0.25) is 0 Å². The van der Waals surface area contributed by atoms with Gasteiger partial charge in [0.1, 0.15) is 12.0 Å². The molecule has 13 heteroatoms. The van der Waals surface area contributed by atoms with Crippen molar-refractivity contribution in [3.8, 4) is 23.1 Å². The van der Waals surface area contributed by atoms with Crippen LogP contribution in [0.3, 0.4) is 0 Å². The van der Waals surface area contributed by atoms with Crippen molar-refractivity contribution < 1.29 is 37.3 Å². The number of carbonyl (C=O) groups is 1. The van der Waals surface area contributed by atoms with Crippen molar-refractivity contribution in [3.05, 3.63) is 108 Å². The zero-order valence-corrected chi connectivity index (χ0v) is 25.7. The molecule has 0 bridgehead atoms. The molecule has 2 aromatic heterocycles. The van der Waals surface area contributed by atoms with Gasteiger partial charge in [0.05, 0.1) is 29.5 Å². The van der Waals surface area contributed by atoms with Gasteiger partial charge in [0.2, 0.25) is 12.7 Å². The second-order valence-electron chi connectivity index (χ2n) is 11.7. The molecular formula is C35H32F3N5O5. The molecule has 1 atom stereocenters. The summed E-state index contributed by atoms with van der Waals surface area (Å²) in [5, 5.41) is 14.6. The number of rotatable bonds is 9. The van der Waals surface area contributed by atoms with Crippen LogP contribution in [-0.2, 0) is 19.3 Å². The molecule has 5 aromatic rings. The number of nitrogens with zero attached hydrogens (tertiary/aromatic N) is 4. The van der Waals surface area contributed by atoms with Crippen LogP contribution < -0.4 is 19.5 Å². The van der Waals surface area contributed by atoms with Gasteiger partial charge in [-0.2, -0.15) is 13.2 Å². The molecule has 7 rings (SSSR count). The minimum atomic E-state index is -4.48. The molecule has 2 aliphatic heterocycles. The monoisotopic (exact) mass is 659 g/mol. The summed E-state index contributed by atoms with van der Waals surface area (Å²) in [7, 11) is 0. The summed E-state index contributed by atoms with van der Waals surface area (Å²) in [6, 6.07) is 20.8. The number of anilines is 1. The van der Waals surface area contributed by atoms with Gasteiger partial charge in [0, 0.05) is 55.9 Å². The van der Waals surface area contributed by atoms with Gasteiger partial charge in [0.15, 0.2) is 11.5 Å². The number of aliphatic hydroxyl groups excluding tert-OH is 1. The predicted molar refractivity (Wildman–Crippen MR) is 171 cm³/mol. The number of hydrogen-bond donors (Lipinski definition) is 2. The van der Waals surface area contributed by atoms with Gasteiger partial charge in [-0.1, -0.05) is 12.1 Å². The molecule has 3 aromatic carbocycles. The number of nitrogens with one attached hydrogen (secondary N) is 1. The normalized spacial score (nSPS) is 15.8. The van der Waals surface area contributed by atoms with Gasteiger partial charge >= 0.3 is 6.18 Å². The Labute approximate surface area is 273 Å². The summed E-state index contributed by atoms with van der Waals surface area (Å²) in [4.78, 5) is 21.2. The third kappa shape index (κ3) is 6.93. The average Bonchev–Trinajstić information content (AvgIpc) is 3.73. The molecule has 1 saturated heterocycles. The van der Waals surface area contributed by atoms with E-state index in [4.69, 9.17) is 14.2 Å². The number of amides is 1. The van der Waals surface area contributed by atoms with Gasteiger partial charge in [-0.3, -0.25) is 14.6 Å². The van der Waals surface area contributed by atoms with Crippen LogP contribution >= 0.6 is 0 Å². The average molecular weight is 660 g/mol. The fourth-order valence-corrected chi connectivity index (χ4v) is 5.89. The Morgan fingerprint density at radius 3 is 2.50 bits per heavy atom. The SMILES string of the molecule is O=C(Nc1ccc(Oc2cccc3c2ccn3CC(O)N2CCN(Cc3ccc4c(c3)OCO4)CC2)nc1)c1ccc(C(F)(F)F)cc1. The smallest absolute Gasteiger partial charge is 0.416 e. The van der Waals surface area contributed by atoms with Crippen molar-refractivity contribution in [2.24, 2.45) is 0 Å². The molecule has 48 heavy (non-hydrogen) atoms. The van der Waals surface area contributed by atoms with Crippen LogP contribution in [-0.4, -0.2) is 69.6 Å². The largest absolute Gasteiger partial charge is 0.454 e. The van der Waals surface area contributed by atoms with E-state index in [0.717, 1.165) is 79.4 Å². The summed E-state index contributed by atoms with van der Waals surface area (Å²) in [5.74, 6) is 1.87. The number of hydrogen-bond acceptors (Lipinski definition) is 8. The van der Waals surface area contributed by atoms with Crippen molar-refractivity contribution >= 4 is 22.5 Å². The number of aromatic nitrogens is 2. The molecular weight excluding hydrogens is 627 g/mol. The minimum Gasteiger partial charge on any atom is -0.454 e. The van der Waals surface area contributed by atoms with Gasteiger partial charge in [-0.05, 0) is 66.2 Å². The number of piperazine rings is 1. The molecule has 0 saturated carbocycles. The second kappa shape index (κ2) is 13.2. The third-order valence-corrected chi connectivity index (χ3v) is 8.49. The van der Waals surface area contributed by atoms with Crippen LogP contribution in [0.15, 0.2) is 91.3 Å². The van der Waals surface area contributed by atoms with Crippen LogP contribution in [0.5, 0.6) is 23.1 Å². The summed E-state index contributed by atoms with van der Waals surface area (Å²) in [5.41, 5.74) is 1.68. The number of ether oxygens (including phenoxy) is 3. The summed E-state index contributed by atoms with van der Waals surface area (Å²) in [6.45, 7) is 4.61. The molecule has 2 aliphatic rings. The zero-order chi connectivity index (χ0) is 33.3. The maximum atomic E-state index is 12.8. The standard InChI is InChI=1S/C35H32F3N5O5/c36-35(37,38)25-7-5-24(6-8-25)34(45)40-26-9-11-32(39-19-26)48-29-3-1-2-28-27(29)12-13-43(28)21-33(44)42-16-14-41(15-17-42)20-23-4-10-30-31(18-23)47-22-46-30/h1-13,18-19,33,44H,14-17,20-22H2,(H,40,45). The summed E-state index contributed by atoms with van der Waals surface area (Å²) >= 11 is 0.